The molecule has 0 spiro atoms. The normalized spacial score (nSPS) is 11.3. The van der Waals surface area contributed by atoms with Crippen molar-refractivity contribution in [2.75, 3.05) is 25.0 Å². The van der Waals surface area contributed by atoms with Gasteiger partial charge in [-0.15, -0.1) is 0 Å². The van der Waals surface area contributed by atoms with Gasteiger partial charge in [-0.25, -0.2) is 4.98 Å². The number of carbonyl (C=O) groups excluding carboxylic acids is 2. The molecule has 3 rings (SSSR count). The molecule has 7 nitrogen and oxygen atoms in total. The fourth-order valence-corrected chi connectivity index (χ4v) is 3.08. The molecule has 3 aromatic rings. The van der Waals surface area contributed by atoms with Crippen LogP contribution < -0.4 is 5.32 Å². The summed E-state index contributed by atoms with van der Waals surface area (Å²) in [5.41, 5.74) is 2.64. The van der Waals surface area contributed by atoms with Crippen molar-refractivity contribution in [3.63, 3.8) is 0 Å². The van der Waals surface area contributed by atoms with Crippen LogP contribution in [0.5, 0.6) is 0 Å². The fraction of sp³-hybridized carbons (Fsp3) is 0.350. The van der Waals surface area contributed by atoms with Crippen LogP contribution in [-0.4, -0.2) is 50.8 Å². The lowest BCUT2D eigenvalue weighted by atomic mass is 10.2. The van der Waals surface area contributed by atoms with Crippen molar-refractivity contribution < 1.29 is 9.59 Å². The van der Waals surface area contributed by atoms with E-state index in [2.05, 4.69) is 34.0 Å². The number of nitrogens with one attached hydrogen (secondary N) is 2. The number of carbonyl (C=O) groups is 2. The molecule has 0 fully saturated rings. The van der Waals surface area contributed by atoms with Gasteiger partial charge in [0.05, 0.1) is 11.0 Å². The lowest BCUT2D eigenvalue weighted by Crippen LogP contribution is -2.27. The smallest absolute Gasteiger partial charge is 0.274 e. The minimum atomic E-state index is -0.318. The molecule has 0 atom stereocenters. The first kappa shape index (κ1) is 18.8. The number of aromatic nitrogens is 3. The van der Waals surface area contributed by atoms with E-state index >= 15 is 0 Å². The summed E-state index contributed by atoms with van der Waals surface area (Å²) >= 11 is 0. The third-order valence-corrected chi connectivity index (χ3v) is 4.75. The van der Waals surface area contributed by atoms with Crippen molar-refractivity contribution in [2.24, 2.45) is 0 Å². The Balaban J connectivity index is 1.87. The number of Topliss-reactive ketones (excluding diaryl/α,β-unsaturated/α-hetero) is 1. The minimum Gasteiger partial charge on any atom is -0.356 e. The van der Waals surface area contributed by atoms with Crippen molar-refractivity contribution in [3.8, 4) is 0 Å². The van der Waals surface area contributed by atoms with Gasteiger partial charge in [-0.2, -0.15) is 0 Å². The Hall–Kier alpha value is -2.93. The van der Waals surface area contributed by atoms with Gasteiger partial charge in [-0.05, 0) is 38.2 Å². The zero-order valence-electron chi connectivity index (χ0n) is 16.0. The Kier molecular flexibility index (Phi) is 5.71. The number of aromatic amines is 1. The maximum atomic E-state index is 12.6. The maximum Gasteiger partial charge on any atom is 0.274 e. The van der Waals surface area contributed by atoms with E-state index in [1.165, 1.54) is 6.92 Å². The Morgan fingerprint density at radius 2 is 1.96 bits per heavy atom. The van der Waals surface area contributed by atoms with Crippen LogP contribution in [-0.2, 0) is 6.54 Å². The topological polar surface area (TPSA) is 83.0 Å². The molecule has 142 valence electrons. The predicted octanol–water partition coefficient (Wildman–Crippen LogP) is 3.16. The third kappa shape index (κ3) is 4.09. The lowest BCUT2D eigenvalue weighted by Gasteiger charge is -2.19. The van der Waals surface area contributed by atoms with Gasteiger partial charge in [0.2, 0.25) is 5.95 Å². The van der Waals surface area contributed by atoms with Gasteiger partial charge in [0, 0.05) is 24.8 Å². The van der Waals surface area contributed by atoms with Crippen molar-refractivity contribution in [2.45, 2.75) is 27.3 Å². The van der Waals surface area contributed by atoms with Crippen LogP contribution in [0.3, 0.4) is 0 Å². The Labute approximate surface area is 158 Å². The monoisotopic (exact) mass is 367 g/mol. The van der Waals surface area contributed by atoms with Gasteiger partial charge < -0.3 is 14.5 Å². The summed E-state index contributed by atoms with van der Waals surface area (Å²) in [6, 6.07) is 9.39. The second-order valence-electron chi connectivity index (χ2n) is 6.41. The van der Waals surface area contributed by atoms with Crippen LogP contribution in [0.1, 0.15) is 41.6 Å². The van der Waals surface area contributed by atoms with Crippen LogP contribution in [0.2, 0.25) is 0 Å². The van der Waals surface area contributed by atoms with Crippen molar-refractivity contribution in [1.29, 1.82) is 0 Å². The van der Waals surface area contributed by atoms with Crippen LogP contribution in [0.4, 0.5) is 5.95 Å². The Morgan fingerprint density at radius 1 is 1.22 bits per heavy atom. The lowest BCUT2D eigenvalue weighted by molar-refractivity contribution is 0.101. The average molecular weight is 367 g/mol. The minimum absolute atomic E-state index is 0.0863. The molecule has 7 heteroatoms. The van der Waals surface area contributed by atoms with E-state index in [4.69, 9.17) is 0 Å². The first-order valence-electron chi connectivity index (χ1n) is 9.21. The number of likely N-dealkylation sites (N-methyl/N-ethyl adjacent to an activating group) is 1. The number of benzene rings is 1. The highest BCUT2D eigenvalue weighted by atomic mass is 16.2. The summed E-state index contributed by atoms with van der Waals surface area (Å²) < 4.78 is 2.03. The molecule has 0 saturated carbocycles. The predicted molar refractivity (Wildman–Crippen MR) is 106 cm³/mol. The van der Waals surface area contributed by atoms with Gasteiger partial charge in [-0.1, -0.05) is 26.0 Å². The molecule has 1 amide bonds. The standard InChI is InChI=1S/C20H25N5O2/c1-4-24(5-2)10-11-25-18-9-7-6-8-16(18)22-20(25)23-19(27)17-12-15(13-21-17)14(3)26/h6-9,12-13,21H,4-5,10-11H2,1-3H3,(H,22,23,27). The second kappa shape index (κ2) is 8.18. The third-order valence-electron chi connectivity index (χ3n) is 4.75. The zero-order valence-corrected chi connectivity index (χ0v) is 16.0. The van der Waals surface area contributed by atoms with E-state index in [-0.39, 0.29) is 11.7 Å². The van der Waals surface area contributed by atoms with Gasteiger partial charge >= 0.3 is 0 Å². The van der Waals surface area contributed by atoms with Crippen LogP contribution in [0, 0.1) is 0 Å². The summed E-state index contributed by atoms with van der Waals surface area (Å²) in [4.78, 5) is 33.8. The highest BCUT2D eigenvalue weighted by Crippen LogP contribution is 2.20. The van der Waals surface area contributed by atoms with Gasteiger partial charge in [-0.3, -0.25) is 14.9 Å². The number of amides is 1. The highest BCUT2D eigenvalue weighted by Gasteiger charge is 2.16. The quantitative estimate of drug-likeness (QED) is 0.599. The van der Waals surface area contributed by atoms with Crippen molar-refractivity contribution in [3.05, 3.63) is 47.8 Å². The molecule has 0 aliphatic rings. The Morgan fingerprint density at radius 3 is 2.63 bits per heavy atom. The molecule has 2 aromatic heterocycles. The molecule has 0 aliphatic carbocycles. The second-order valence-corrected chi connectivity index (χ2v) is 6.41. The zero-order chi connectivity index (χ0) is 19.4. The molecule has 0 saturated heterocycles. The number of ketones is 1. The Bertz CT molecular complexity index is 952. The summed E-state index contributed by atoms with van der Waals surface area (Å²) in [5.74, 6) is 0.103. The van der Waals surface area contributed by atoms with Crippen molar-refractivity contribution >= 4 is 28.7 Å². The number of nitrogens with zero attached hydrogens (tertiary/aromatic N) is 3. The number of H-pyrrole nitrogens is 1. The molecular formula is C20H25N5O2. The van der Waals surface area contributed by atoms with Gasteiger partial charge in [0.25, 0.3) is 5.91 Å². The van der Waals surface area contributed by atoms with E-state index in [0.717, 1.165) is 37.2 Å². The molecule has 0 unspecified atom stereocenters. The summed E-state index contributed by atoms with van der Waals surface area (Å²) in [6.07, 6.45) is 1.54. The number of hydrogen-bond acceptors (Lipinski definition) is 4. The summed E-state index contributed by atoms with van der Waals surface area (Å²) in [5, 5.41) is 2.88. The van der Waals surface area contributed by atoms with E-state index in [1.807, 2.05) is 28.8 Å². The van der Waals surface area contributed by atoms with Gasteiger partial charge in [0.15, 0.2) is 5.78 Å². The van der Waals surface area contributed by atoms with Crippen LogP contribution in [0.15, 0.2) is 36.5 Å². The summed E-state index contributed by atoms with van der Waals surface area (Å²) in [7, 11) is 0. The van der Waals surface area contributed by atoms with E-state index < -0.39 is 0 Å². The van der Waals surface area contributed by atoms with Crippen LogP contribution in [0.25, 0.3) is 11.0 Å². The van der Waals surface area contributed by atoms with Crippen molar-refractivity contribution in [1.82, 2.24) is 19.4 Å². The first-order chi connectivity index (χ1) is 13.0. The number of fused-ring (bicyclic) bond motifs is 1. The van der Waals surface area contributed by atoms with E-state index in [0.29, 0.717) is 17.2 Å². The molecule has 2 N–H and O–H groups in total. The summed E-state index contributed by atoms with van der Waals surface area (Å²) in [6.45, 7) is 9.28. The molecule has 1 aromatic carbocycles. The number of imidazole rings is 1. The average Bonchev–Trinajstić information content (AvgIpc) is 3.28. The molecule has 27 heavy (non-hydrogen) atoms. The molecule has 2 heterocycles. The number of para-hydroxylation sites is 2. The SMILES string of the molecule is CCN(CC)CCn1c(NC(=O)c2cc(C(C)=O)c[nH]2)nc2ccccc21. The largest absolute Gasteiger partial charge is 0.356 e. The first-order valence-corrected chi connectivity index (χ1v) is 9.21. The number of hydrogen-bond donors (Lipinski definition) is 2. The maximum absolute atomic E-state index is 12.6. The van der Waals surface area contributed by atoms with E-state index in [9.17, 15) is 9.59 Å². The highest BCUT2D eigenvalue weighted by molar-refractivity contribution is 6.05. The molecule has 0 aliphatic heterocycles. The number of anilines is 1. The number of rotatable bonds is 8. The van der Waals surface area contributed by atoms with Crippen LogP contribution >= 0.6 is 0 Å². The molecule has 0 bridgehead atoms. The molecule has 0 radical (unpaired) electrons. The fourth-order valence-electron chi connectivity index (χ4n) is 3.08. The van der Waals surface area contributed by atoms with Gasteiger partial charge in [0.1, 0.15) is 5.69 Å². The molecular weight excluding hydrogens is 342 g/mol. The van der Waals surface area contributed by atoms with E-state index in [1.54, 1.807) is 12.3 Å².